The third-order valence-electron chi connectivity index (χ3n) is 1.78. The van der Waals surface area contributed by atoms with E-state index in [1.54, 1.807) is 18.3 Å². The van der Waals surface area contributed by atoms with Gasteiger partial charge in [-0.05, 0) is 34.1 Å². The highest BCUT2D eigenvalue weighted by molar-refractivity contribution is 9.10. The molecular formula is C10H6BrNO2S2. The van der Waals surface area contributed by atoms with Crippen LogP contribution in [0.15, 0.2) is 43.5 Å². The third kappa shape index (κ3) is 2.63. The van der Waals surface area contributed by atoms with E-state index in [2.05, 4.69) is 20.9 Å². The highest BCUT2D eigenvalue weighted by atomic mass is 79.9. The maximum atomic E-state index is 10.9. The van der Waals surface area contributed by atoms with Gasteiger partial charge in [0.1, 0.15) is 0 Å². The molecule has 82 valence electrons. The highest BCUT2D eigenvalue weighted by Gasteiger charge is 2.10. The molecule has 1 aromatic heterocycles. The van der Waals surface area contributed by atoms with Crippen LogP contribution in [0.3, 0.4) is 0 Å². The molecule has 1 aromatic carbocycles. The number of aromatic carboxylic acids is 1. The molecule has 0 atom stereocenters. The number of hydrogen-bond acceptors (Lipinski definition) is 4. The summed E-state index contributed by atoms with van der Waals surface area (Å²) < 4.78 is 1.49. The number of thiazole rings is 1. The number of rotatable bonds is 3. The molecule has 0 aliphatic carbocycles. The van der Waals surface area contributed by atoms with Crippen LogP contribution in [-0.2, 0) is 0 Å². The molecule has 0 bridgehead atoms. The lowest BCUT2D eigenvalue weighted by molar-refractivity contribution is 0.0695. The van der Waals surface area contributed by atoms with E-state index in [1.807, 2.05) is 11.4 Å². The zero-order valence-electron chi connectivity index (χ0n) is 7.88. The summed E-state index contributed by atoms with van der Waals surface area (Å²) in [5, 5.41) is 10.9. The molecule has 0 aliphatic heterocycles. The predicted molar refractivity (Wildman–Crippen MR) is 67.3 cm³/mol. The van der Waals surface area contributed by atoms with Crippen LogP contribution in [0.2, 0.25) is 0 Å². The Labute approximate surface area is 109 Å². The first kappa shape index (κ1) is 11.6. The van der Waals surface area contributed by atoms with Crippen molar-refractivity contribution in [3.8, 4) is 0 Å². The molecular weight excluding hydrogens is 310 g/mol. The van der Waals surface area contributed by atoms with Gasteiger partial charge >= 0.3 is 5.97 Å². The van der Waals surface area contributed by atoms with E-state index in [9.17, 15) is 4.79 Å². The lowest BCUT2D eigenvalue weighted by Gasteiger charge is -2.02. The first-order valence-corrected chi connectivity index (χ1v) is 6.76. The zero-order chi connectivity index (χ0) is 11.5. The Bertz CT molecular complexity index is 514. The molecule has 0 fully saturated rings. The summed E-state index contributed by atoms with van der Waals surface area (Å²) in [5.74, 6) is -0.937. The van der Waals surface area contributed by atoms with Crippen LogP contribution in [0.4, 0.5) is 0 Å². The Morgan fingerprint density at radius 2 is 2.31 bits per heavy atom. The molecule has 0 aliphatic rings. The van der Waals surface area contributed by atoms with Gasteiger partial charge in [-0.3, -0.25) is 0 Å². The number of nitrogens with zero attached hydrogens (tertiary/aromatic N) is 1. The number of halogens is 1. The van der Waals surface area contributed by atoms with E-state index in [-0.39, 0.29) is 5.56 Å². The molecule has 1 heterocycles. The van der Waals surface area contributed by atoms with Gasteiger partial charge in [0.15, 0.2) is 4.34 Å². The van der Waals surface area contributed by atoms with Crippen molar-refractivity contribution in [3.63, 3.8) is 0 Å². The molecule has 2 rings (SSSR count). The van der Waals surface area contributed by atoms with Crippen LogP contribution in [-0.4, -0.2) is 16.1 Å². The van der Waals surface area contributed by atoms with Gasteiger partial charge in [-0.1, -0.05) is 11.8 Å². The normalized spacial score (nSPS) is 10.3. The minimum absolute atomic E-state index is 0.265. The summed E-state index contributed by atoms with van der Waals surface area (Å²) in [6.45, 7) is 0. The maximum absolute atomic E-state index is 10.9. The van der Waals surface area contributed by atoms with Crippen molar-refractivity contribution in [2.75, 3.05) is 0 Å². The van der Waals surface area contributed by atoms with E-state index in [0.29, 0.717) is 4.47 Å². The van der Waals surface area contributed by atoms with Crippen molar-refractivity contribution in [1.82, 2.24) is 4.98 Å². The van der Waals surface area contributed by atoms with Gasteiger partial charge in [0.05, 0.1) is 5.56 Å². The molecule has 1 N–H and O–H groups in total. The van der Waals surface area contributed by atoms with Crippen molar-refractivity contribution in [2.24, 2.45) is 0 Å². The topological polar surface area (TPSA) is 50.2 Å². The van der Waals surface area contributed by atoms with Crippen molar-refractivity contribution >= 4 is 45.0 Å². The van der Waals surface area contributed by atoms with E-state index < -0.39 is 5.97 Å². The average Bonchev–Trinajstić information content (AvgIpc) is 2.73. The quantitative estimate of drug-likeness (QED) is 0.937. The molecule has 0 spiro atoms. The van der Waals surface area contributed by atoms with Crippen molar-refractivity contribution < 1.29 is 9.90 Å². The Kier molecular flexibility index (Phi) is 3.63. The monoisotopic (exact) mass is 315 g/mol. The lowest BCUT2D eigenvalue weighted by Crippen LogP contribution is -1.97. The van der Waals surface area contributed by atoms with E-state index >= 15 is 0 Å². The number of carboxylic acids is 1. The molecule has 2 aromatic rings. The summed E-state index contributed by atoms with van der Waals surface area (Å²) in [6.07, 6.45) is 1.73. The van der Waals surface area contributed by atoms with E-state index in [1.165, 1.54) is 23.1 Å². The summed E-state index contributed by atoms with van der Waals surface area (Å²) in [7, 11) is 0. The summed E-state index contributed by atoms with van der Waals surface area (Å²) in [6, 6.07) is 5.24. The second-order valence-electron chi connectivity index (χ2n) is 2.85. The van der Waals surface area contributed by atoms with Crippen LogP contribution in [0, 0.1) is 0 Å². The highest BCUT2D eigenvalue weighted by Crippen LogP contribution is 2.31. The first-order valence-electron chi connectivity index (χ1n) is 4.27. The fourth-order valence-electron chi connectivity index (χ4n) is 1.09. The van der Waals surface area contributed by atoms with Gasteiger partial charge in [-0.25, -0.2) is 9.78 Å². The van der Waals surface area contributed by atoms with Crippen LogP contribution in [0.1, 0.15) is 10.4 Å². The van der Waals surface area contributed by atoms with Gasteiger partial charge in [-0.15, -0.1) is 11.3 Å². The predicted octanol–water partition coefficient (Wildman–Crippen LogP) is 3.76. The van der Waals surface area contributed by atoms with Gasteiger partial charge in [0, 0.05) is 20.9 Å². The molecule has 0 radical (unpaired) electrons. The number of hydrogen-bond donors (Lipinski definition) is 1. The third-order valence-corrected chi connectivity index (χ3v) is 4.35. The fourth-order valence-corrected chi connectivity index (χ4v) is 3.15. The molecule has 0 unspecified atom stereocenters. The summed E-state index contributed by atoms with van der Waals surface area (Å²) in [5.41, 5.74) is 0.265. The lowest BCUT2D eigenvalue weighted by atomic mass is 10.2. The summed E-state index contributed by atoms with van der Waals surface area (Å²) in [4.78, 5) is 15.9. The number of carbonyl (C=O) groups is 1. The minimum atomic E-state index is -0.937. The number of aromatic nitrogens is 1. The fraction of sp³-hybridized carbons (Fsp3) is 0. The van der Waals surface area contributed by atoms with Crippen molar-refractivity contribution in [2.45, 2.75) is 9.24 Å². The Hall–Kier alpha value is -0.850. The second kappa shape index (κ2) is 4.99. The second-order valence-corrected chi connectivity index (χ2v) is 5.92. The van der Waals surface area contributed by atoms with E-state index in [4.69, 9.17) is 5.11 Å². The zero-order valence-corrected chi connectivity index (χ0v) is 11.1. The largest absolute Gasteiger partial charge is 0.478 e. The average molecular weight is 316 g/mol. The molecule has 0 saturated heterocycles. The van der Waals surface area contributed by atoms with Crippen LogP contribution < -0.4 is 0 Å². The molecule has 3 nitrogen and oxygen atoms in total. The van der Waals surface area contributed by atoms with Crippen LogP contribution in [0.25, 0.3) is 0 Å². The molecule has 0 saturated carbocycles. The number of benzene rings is 1. The SMILES string of the molecule is O=C(O)c1cc(Sc2nccs2)ccc1Br. The molecule has 16 heavy (non-hydrogen) atoms. The van der Waals surface area contributed by atoms with Gasteiger partial charge in [-0.2, -0.15) is 0 Å². The standard InChI is InChI=1S/C10H6BrNO2S2/c11-8-2-1-6(5-7(8)9(13)14)16-10-12-3-4-15-10/h1-5H,(H,13,14). The van der Waals surface area contributed by atoms with Gasteiger partial charge < -0.3 is 5.11 Å². The van der Waals surface area contributed by atoms with Crippen LogP contribution in [0.5, 0.6) is 0 Å². The maximum Gasteiger partial charge on any atom is 0.336 e. The van der Waals surface area contributed by atoms with Gasteiger partial charge in [0.25, 0.3) is 0 Å². The Morgan fingerprint density at radius 3 is 2.94 bits per heavy atom. The Morgan fingerprint density at radius 1 is 1.50 bits per heavy atom. The Balaban J connectivity index is 2.29. The van der Waals surface area contributed by atoms with Gasteiger partial charge in [0.2, 0.25) is 0 Å². The minimum Gasteiger partial charge on any atom is -0.478 e. The first-order chi connectivity index (χ1) is 7.66. The van der Waals surface area contributed by atoms with Crippen LogP contribution >= 0.6 is 39.0 Å². The van der Waals surface area contributed by atoms with Crippen molar-refractivity contribution in [3.05, 3.63) is 39.8 Å². The molecule has 0 amide bonds. The van der Waals surface area contributed by atoms with E-state index in [0.717, 1.165) is 9.24 Å². The summed E-state index contributed by atoms with van der Waals surface area (Å²) >= 11 is 6.19. The van der Waals surface area contributed by atoms with Crippen molar-refractivity contribution in [1.29, 1.82) is 0 Å². The molecule has 6 heteroatoms. The smallest absolute Gasteiger partial charge is 0.336 e. The number of carboxylic acid groups (broad SMARTS) is 1.